The van der Waals surface area contributed by atoms with Crippen LogP contribution in [0.4, 0.5) is 18.9 Å². The minimum Gasteiger partial charge on any atom is -0.481 e. The van der Waals surface area contributed by atoms with Gasteiger partial charge in [0.15, 0.2) is 23.6 Å². The zero-order chi connectivity index (χ0) is 18.8. The lowest BCUT2D eigenvalue weighted by atomic mass is 9.87. The molecule has 0 aliphatic carbocycles. The van der Waals surface area contributed by atoms with E-state index in [4.69, 9.17) is 4.74 Å². The molecule has 0 fully saturated rings. The van der Waals surface area contributed by atoms with E-state index in [2.05, 4.69) is 5.32 Å². The van der Waals surface area contributed by atoms with Gasteiger partial charge in [0.1, 0.15) is 5.75 Å². The Morgan fingerprint density at radius 3 is 2.40 bits per heavy atom. The van der Waals surface area contributed by atoms with Gasteiger partial charge in [-0.05, 0) is 42.2 Å². The third-order valence-corrected chi connectivity index (χ3v) is 3.68. The number of rotatable bonds is 4. The number of amides is 1. The first-order chi connectivity index (χ1) is 11.6. The average molecular weight is 351 g/mol. The second-order valence-electron chi connectivity index (χ2n) is 6.75. The summed E-state index contributed by atoms with van der Waals surface area (Å²) in [6.07, 6.45) is -0.956. The van der Waals surface area contributed by atoms with Crippen molar-refractivity contribution in [1.29, 1.82) is 0 Å². The van der Waals surface area contributed by atoms with Crippen molar-refractivity contribution in [3.63, 3.8) is 0 Å². The van der Waals surface area contributed by atoms with Gasteiger partial charge in [-0.3, -0.25) is 4.79 Å². The van der Waals surface area contributed by atoms with Crippen molar-refractivity contribution in [2.45, 2.75) is 39.2 Å². The molecule has 1 N–H and O–H groups in total. The minimum absolute atomic E-state index is 0.0837. The number of benzene rings is 2. The van der Waals surface area contributed by atoms with Crippen LogP contribution in [0.15, 0.2) is 36.4 Å². The van der Waals surface area contributed by atoms with Crippen LogP contribution < -0.4 is 10.1 Å². The molecular formula is C19H20F3NO2. The molecule has 0 radical (unpaired) electrons. The van der Waals surface area contributed by atoms with E-state index in [1.54, 1.807) is 6.07 Å². The van der Waals surface area contributed by atoms with Crippen LogP contribution in [-0.4, -0.2) is 12.0 Å². The van der Waals surface area contributed by atoms with Gasteiger partial charge in [-0.1, -0.05) is 32.9 Å². The molecule has 0 spiro atoms. The van der Waals surface area contributed by atoms with Gasteiger partial charge in [-0.2, -0.15) is 0 Å². The van der Waals surface area contributed by atoms with Gasteiger partial charge in [0.25, 0.3) is 5.91 Å². The standard InChI is InChI=1S/C19H20F3NO2/c1-11(25-13-7-5-6-12(10-13)19(2,3)4)18(24)23-15-9-8-14(20)16(21)17(15)22/h5-11H,1-4H3,(H,23,24). The van der Waals surface area contributed by atoms with Crippen molar-refractivity contribution in [1.82, 2.24) is 0 Å². The van der Waals surface area contributed by atoms with E-state index in [1.807, 2.05) is 39.0 Å². The van der Waals surface area contributed by atoms with Crippen LogP contribution in [-0.2, 0) is 10.2 Å². The lowest BCUT2D eigenvalue weighted by Crippen LogP contribution is -2.30. The molecule has 1 amide bonds. The van der Waals surface area contributed by atoms with Gasteiger partial charge in [-0.25, -0.2) is 13.2 Å². The summed E-state index contributed by atoms with van der Waals surface area (Å²) in [5.41, 5.74) is 0.506. The van der Waals surface area contributed by atoms with Crippen LogP contribution in [0.25, 0.3) is 0 Å². The zero-order valence-electron chi connectivity index (χ0n) is 14.5. The normalized spacial score (nSPS) is 12.6. The van der Waals surface area contributed by atoms with E-state index in [9.17, 15) is 18.0 Å². The van der Waals surface area contributed by atoms with Crippen LogP contribution in [0.5, 0.6) is 5.75 Å². The summed E-state index contributed by atoms with van der Waals surface area (Å²) in [6, 6.07) is 8.99. The highest BCUT2D eigenvalue weighted by Crippen LogP contribution is 2.26. The Kier molecular flexibility index (Phi) is 5.40. The first kappa shape index (κ1) is 18.8. The highest BCUT2D eigenvalue weighted by Gasteiger charge is 2.20. The molecule has 0 bridgehead atoms. The number of carbonyl (C=O) groups is 1. The number of nitrogens with one attached hydrogen (secondary N) is 1. The summed E-state index contributed by atoms with van der Waals surface area (Å²) in [6.45, 7) is 7.63. The number of hydrogen-bond acceptors (Lipinski definition) is 2. The molecule has 1 unspecified atom stereocenters. The van der Waals surface area contributed by atoms with Crippen molar-refractivity contribution in [3.05, 3.63) is 59.4 Å². The lowest BCUT2D eigenvalue weighted by Gasteiger charge is -2.21. The predicted octanol–water partition coefficient (Wildman–Crippen LogP) is 4.81. The van der Waals surface area contributed by atoms with Crippen molar-refractivity contribution >= 4 is 11.6 Å². The molecule has 1 atom stereocenters. The molecule has 0 saturated heterocycles. The Balaban J connectivity index is 2.10. The summed E-state index contributed by atoms with van der Waals surface area (Å²) in [5.74, 6) is -4.59. The maximum absolute atomic E-state index is 13.6. The van der Waals surface area contributed by atoms with Gasteiger partial charge in [-0.15, -0.1) is 0 Å². The van der Waals surface area contributed by atoms with Crippen LogP contribution >= 0.6 is 0 Å². The fourth-order valence-corrected chi connectivity index (χ4v) is 2.15. The number of halogens is 3. The van der Waals surface area contributed by atoms with Crippen molar-refractivity contribution in [3.8, 4) is 5.75 Å². The summed E-state index contributed by atoms with van der Waals surface area (Å²) < 4.78 is 45.3. The predicted molar refractivity (Wildman–Crippen MR) is 90.2 cm³/mol. The monoisotopic (exact) mass is 351 g/mol. The maximum Gasteiger partial charge on any atom is 0.265 e. The highest BCUT2D eigenvalue weighted by molar-refractivity contribution is 5.94. The second kappa shape index (κ2) is 7.17. The minimum atomic E-state index is -1.63. The van der Waals surface area contributed by atoms with E-state index in [1.165, 1.54) is 6.92 Å². The van der Waals surface area contributed by atoms with E-state index < -0.39 is 35.2 Å². The fraction of sp³-hybridized carbons (Fsp3) is 0.316. The third-order valence-electron chi connectivity index (χ3n) is 3.68. The Hall–Kier alpha value is -2.50. The summed E-state index contributed by atoms with van der Waals surface area (Å²) in [5, 5.41) is 2.20. The molecule has 3 nitrogen and oxygen atoms in total. The van der Waals surface area contributed by atoms with Crippen molar-refractivity contribution in [2.75, 3.05) is 5.32 Å². The van der Waals surface area contributed by atoms with Crippen LogP contribution in [0.2, 0.25) is 0 Å². The van der Waals surface area contributed by atoms with E-state index in [0.717, 1.165) is 17.7 Å². The molecule has 6 heteroatoms. The van der Waals surface area contributed by atoms with Gasteiger partial charge in [0.05, 0.1) is 5.69 Å². The Morgan fingerprint density at radius 2 is 1.76 bits per heavy atom. The Labute approximate surface area is 144 Å². The fourth-order valence-electron chi connectivity index (χ4n) is 2.15. The van der Waals surface area contributed by atoms with E-state index >= 15 is 0 Å². The third kappa shape index (κ3) is 4.53. The molecule has 0 aromatic heterocycles. The van der Waals surface area contributed by atoms with Crippen LogP contribution in [0.3, 0.4) is 0 Å². The number of anilines is 1. The molecule has 134 valence electrons. The van der Waals surface area contributed by atoms with Crippen molar-refractivity contribution < 1.29 is 22.7 Å². The molecule has 0 aliphatic rings. The largest absolute Gasteiger partial charge is 0.481 e. The van der Waals surface area contributed by atoms with Gasteiger partial charge in [0.2, 0.25) is 0 Å². The molecule has 2 aromatic rings. The summed E-state index contributed by atoms with van der Waals surface area (Å²) in [4.78, 5) is 12.1. The lowest BCUT2D eigenvalue weighted by molar-refractivity contribution is -0.122. The first-order valence-corrected chi connectivity index (χ1v) is 7.81. The molecule has 0 saturated carbocycles. The second-order valence-corrected chi connectivity index (χ2v) is 6.75. The first-order valence-electron chi connectivity index (χ1n) is 7.81. The summed E-state index contributed by atoms with van der Waals surface area (Å²) in [7, 11) is 0. The zero-order valence-corrected chi connectivity index (χ0v) is 14.5. The van der Waals surface area contributed by atoms with Crippen molar-refractivity contribution in [2.24, 2.45) is 0 Å². The Morgan fingerprint density at radius 1 is 1.08 bits per heavy atom. The van der Waals surface area contributed by atoms with E-state index in [-0.39, 0.29) is 5.41 Å². The average Bonchev–Trinajstić information content (AvgIpc) is 2.54. The van der Waals surface area contributed by atoms with E-state index in [0.29, 0.717) is 5.75 Å². The number of hydrogen-bond donors (Lipinski definition) is 1. The van der Waals surface area contributed by atoms with Crippen LogP contribution in [0.1, 0.15) is 33.3 Å². The Bertz CT molecular complexity index is 785. The van der Waals surface area contributed by atoms with Gasteiger partial charge < -0.3 is 10.1 Å². The molecule has 2 aromatic carbocycles. The maximum atomic E-state index is 13.6. The molecular weight excluding hydrogens is 331 g/mol. The van der Waals surface area contributed by atoms with Gasteiger partial charge in [0, 0.05) is 0 Å². The highest BCUT2D eigenvalue weighted by atomic mass is 19.2. The van der Waals surface area contributed by atoms with Gasteiger partial charge >= 0.3 is 0 Å². The smallest absolute Gasteiger partial charge is 0.265 e. The number of ether oxygens (including phenoxy) is 1. The quantitative estimate of drug-likeness (QED) is 0.803. The molecule has 2 rings (SSSR count). The molecule has 25 heavy (non-hydrogen) atoms. The molecule has 0 aliphatic heterocycles. The number of carbonyl (C=O) groups excluding carboxylic acids is 1. The summed E-state index contributed by atoms with van der Waals surface area (Å²) >= 11 is 0. The molecule has 0 heterocycles. The SMILES string of the molecule is CC(Oc1cccc(C(C)(C)C)c1)C(=O)Nc1ccc(F)c(F)c1F. The van der Waals surface area contributed by atoms with Crippen LogP contribution in [0, 0.1) is 17.5 Å². The topological polar surface area (TPSA) is 38.3 Å².